The van der Waals surface area contributed by atoms with Crippen LogP contribution in [0.2, 0.25) is 0 Å². The van der Waals surface area contributed by atoms with E-state index in [1.807, 2.05) is 0 Å². The van der Waals surface area contributed by atoms with Gasteiger partial charge in [0, 0.05) is 31.7 Å². The van der Waals surface area contributed by atoms with Gasteiger partial charge >= 0.3 is 16.5 Å². The summed E-state index contributed by atoms with van der Waals surface area (Å²) < 4.78 is 16.0. The lowest BCUT2D eigenvalue weighted by atomic mass is 10.3. The highest BCUT2D eigenvalue weighted by molar-refractivity contribution is 6.97. The Bertz CT molecular complexity index is 1080. The van der Waals surface area contributed by atoms with Gasteiger partial charge in [-0.3, -0.25) is 34.6 Å². The first-order valence-electron chi connectivity index (χ1n) is 10.2. The van der Waals surface area contributed by atoms with Crippen LogP contribution >= 0.6 is 34.8 Å². The highest BCUT2D eigenvalue weighted by atomic mass is 35.5. The molecule has 0 saturated carbocycles. The lowest BCUT2D eigenvalue weighted by Gasteiger charge is -1.97. The van der Waals surface area contributed by atoms with Gasteiger partial charge in [-0.25, -0.2) is 4.79 Å². The molecule has 0 unspecified atom stereocenters. The summed E-state index contributed by atoms with van der Waals surface area (Å²) in [7, 11) is 0. The third kappa shape index (κ3) is 18.9. The molecular formula is C22H19Cl3N2O11. The van der Waals surface area contributed by atoms with Crippen LogP contribution in [0.25, 0.3) is 0 Å². The number of benzene rings is 2. The average Bonchev–Trinajstić information content (AvgIpc) is 2.85. The molecule has 16 heteroatoms. The monoisotopic (exact) mass is 593 g/mol. The van der Waals surface area contributed by atoms with E-state index in [1.165, 1.54) is 48.5 Å². The van der Waals surface area contributed by atoms with Crippen molar-refractivity contribution in [1.82, 2.24) is 0 Å². The highest BCUT2D eigenvalue weighted by Crippen LogP contribution is 2.18. The van der Waals surface area contributed by atoms with E-state index in [2.05, 4.69) is 23.2 Å². The second-order valence-electron chi connectivity index (χ2n) is 5.53. The van der Waals surface area contributed by atoms with Crippen LogP contribution in [0.3, 0.4) is 0 Å². The number of hydrogen-bond donors (Lipinski definition) is 1. The number of rotatable bonds is 9. The summed E-state index contributed by atoms with van der Waals surface area (Å²) in [6.07, 6.45) is 3.95. The number of carboxylic acids is 1. The van der Waals surface area contributed by atoms with Crippen LogP contribution in [0, 0.1) is 20.2 Å². The molecular weight excluding hydrogens is 575 g/mol. The van der Waals surface area contributed by atoms with Crippen LogP contribution in [0.1, 0.15) is 15.2 Å². The fourth-order valence-electron chi connectivity index (χ4n) is 1.63. The van der Waals surface area contributed by atoms with Gasteiger partial charge in [-0.2, -0.15) is 0 Å². The molecule has 0 spiro atoms. The minimum atomic E-state index is -1.14. The molecule has 0 bridgehead atoms. The minimum Gasteiger partial charge on any atom is -0.478 e. The SMILES string of the molecule is O=C(Cl)/C=C/Oc1ccc([N+](=O)[O-])cc1.O=C(Cl)C(=O)Cl.O=C(O)/C=C/Oc1ccc([N+](=O)[O-])cc1.[2H]CC. The molecule has 0 fully saturated rings. The smallest absolute Gasteiger partial charge is 0.331 e. The van der Waals surface area contributed by atoms with Gasteiger partial charge < -0.3 is 14.6 Å². The lowest BCUT2D eigenvalue weighted by Crippen LogP contribution is -1.94. The zero-order valence-corrected chi connectivity index (χ0v) is 21.5. The summed E-state index contributed by atoms with van der Waals surface area (Å²) in [5, 5.41) is 25.9. The van der Waals surface area contributed by atoms with Crippen molar-refractivity contribution in [3.05, 3.63) is 93.4 Å². The Kier molecular flexibility index (Phi) is 18.4. The molecule has 0 aromatic heterocycles. The van der Waals surface area contributed by atoms with Crippen LogP contribution in [0.4, 0.5) is 11.4 Å². The van der Waals surface area contributed by atoms with Crippen molar-refractivity contribution >= 4 is 67.9 Å². The molecule has 2 aromatic carbocycles. The Morgan fingerprint density at radius 2 is 1.11 bits per heavy atom. The van der Waals surface area contributed by atoms with E-state index in [1.54, 1.807) is 6.92 Å². The van der Waals surface area contributed by atoms with Gasteiger partial charge in [0.2, 0.25) is 5.24 Å². The second-order valence-corrected chi connectivity index (χ2v) is 6.59. The van der Waals surface area contributed by atoms with Crippen molar-refractivity contribution in [1.29, 1.82) is 0 Å². The fourth-order valence-corrected chi connectivity index (χ4v) is 1.68. The fraction of sp³-hybridized carbons (Fsp3) is 0.0909. The van der Waals surface area contributed by atoms with E-state index < -0.39 is 31.5 Å². The predicted molar refractivity (Wildman–Crippen MR) is 137 cm³/mol. The minimum absolute atomic E-state index is 0.0280. The molecule has 0 aliphatic carbocycles. The van der Waals surface area contributed by atoms with E-state index in [9.17, 15) is 39.4 Å². The normalized spacial score (nSPS) is 9.74. The number of halogens is 3. The summed E-state index contributed by atoms with van der Waals surface area (Å²) in [5.74, 6) is -0.412. The Morgan fingerprint density at radius 1 is 0.789 bits per heavy atom. The van der Waals surface area contributed by atoms with Crippen LogP contribution in [-0.4, -0.2) is 36.6 Å². The number of nitro groups is 2. The molecule has 0 aliphatic heterocycles. The van der Waals surface area contributed by atoms with Crippen LogP contribution in [0.5, 0.6) is 11.5 Å². The van der Waals surface area contributed by atoms with Gasteiger partial charge in [-0.15, -0.1) is 0 Å². The Morgan fingerprint density at radius 3 is 1.34 bits per heavy atom. The molecule has 0 amide bonds. The molecule has 1 N–H and O–H groups in total. The number of ether oxygens (including phenoxy) is 2. The molecule has 13 nitrogen and oxygen atoms in total. The molecule has 2 rings (SSSR count). The zero-order chi connectivity index (χ0) is 30.4. The molecule has 2 aromatic rings. The van der Waals surface area contributed by atoms with Crippen molar-refractivity contribution < 1.29 is 45.0 Å². The number of allylic oxidation sites excluding steroid dienone is 1. The van der Waals surface area contributed by atoms with Crippen molar-refractivity contribution in [3.63, 3.8) is 0 Å². The predicted octanol–water partition coefficient (Wildman–Crippen LogP) is 5.37. The second kappa shape index (κ2) is 20.8. The van der Waals surface area contributed by atoms with Gasteiger partial charge in [-0.1, -0.05) is 13.8 Å². The summed E-state index contributed by atoms with van der Waals surface area (Å²) in [5.41, 5.74) is -0.0793. The van der Waals surface area contributed by atoms with Gasteiger partial charge in [-0.05, 0) is 59.1 Å². The molecule has 0 aliphatic rings. The van der Waals surface area contributed by atoms with Gasteiger partial charge in [0.25, 0.3) is 11.4 Å². The van der Waals surface area contributed by atoms with Crippen molar-refractivity contribution in [2.75, 3.05) is 0 Å². The summed E-state index contributed by atoms with van der Waals surface area (Å²) in [6.45, 7) is 2.29. The molecule has 204 valence electrons. The van der Waals surface area contributed by atoms with Crippen LogP contribution < -0.4 is 9.47 Å². The summed E-state index contributed by atoms with van der Waals surface area (Å²) in [6, 6.07) is 10.7. The number of non-ortho nitro benzene ring substituents is 2. The van der Waals surface area contributed by atoms with Gasteiger partial charge in [0.15, 0.2) is 0 Å². The van der Waals surface area contributed by atoms with Crippen LogP contribution in [-0.2, 0) is 19.2 Å². The molecule has 0 radical (unpaired) electrons. The summed E-state index contributed by atoms with van der Waals surface area (Å²) in [4.78, 5) is 58.8. The number of nitro benzene ring substituents is 2. The largest absolute Gasteiger partial charge is 0.478 e. The van der Waals surface area contributed by atoms with Crippen molar-refractivity contribution in [3.8, 4) is 11.5 Å². The first-order chi connectivity index (χ1) is 18.2. The average molecular weight is 595 g/mol. The molecule has 38 heavy (non-hydrogen) atoms. The first kappa shape index (κ1) is 33.7. The highest BCUT2D eigenvalue weighted by Gasteiger charge is 2.04. The molecule has 0 saturated heterocycles. The lowest BCUT2D eigenvalue weighted by molar-refractivity contribution is -0.385. The van der Waals surface area contributed by atoms with E-state index >= 15 is 0 Å². The maximum absolute atomic E-state index is 10.3. The number of carbonyl (C=O) groups excluding carboxylic acids is 3. The number of nitrogens with zero attached hydrogens (tertiary/aromatic N) is 2. The Labute approximate surface area is 231 Å². The number of hydrogen-bond acceptors (Lipinski definition) is 10. The van der Waals surface area contributed by atoms with Crippen LogP contribution in [0.15, 0.2) is 73.2 Å². The molecule has 0 heterocycles. The van der Waals surface area contributed by atoms with Gasteiger partial charge in [0.1, 0.15) is 11.5 Å². The van der Waals surface area contributed by atoms with E-state index in [0.717, 1.165) is 24.7 Å². The van der Waals surface area contributed by atoms with E-state index in [-0.39, 0.29) is 11.4 Å². The third-order valence-corrected chi connectivity index (χ3v) is 3.63. The summed E-state index contributed by atoms with van der Waals surface area (Å²) >= 11 is 14.0. The van der Waals surface area contributed by atoms with E-state index in [4.69, 9.17) is 27.6 Å². The number of carboxylic acid groups (broad SMARTS) is 1. The maximum atomic E-state index is 10.3. The number of carbonyl (C=O) groups is 4. The Balaban J connectivity index is 0. The molecule has 0 atom stereocenters. The topological polar surface area (TPSA) is 193 Å². The van der Waals surface area contributed by atoms with E-state index in [0.29, 0.717) is 18.4 Å². The Hall–Kier alpha value is -4.33. The number of aliphatic carboxylic acids is 1. The van der Waals surface area contributed by atoms with Gasteiger partial charge in [0.05, 0.1) is 28.4 Å². The third-order valence-electron chi connectivity index (χ3n) is 3.07. The first-order valence-corrected chi connectivity index (χ1v) is 10.6. The maximum Gasteiger partial charge on any atom is 0.331 e. The van der Waals surface area contributed by atoms with Crippen molar-refractivity contribution in [2.45, 2.75) is 13.8 Å². The standard InChI is InChI=1S/C9H6ClNO4.C9H7NO5.C2Cl2O2.C2H6/c10-9(12)5-6-15-8-3-1-7(2-4-8)11(13)14;11-9(12)5-6-15-8-3-1-7(2-4-8)10(13)14;3-1(5)2(4)6;1-2/h1-6H;1-6H,(H,11,12);;1-2H3/b2*6-5+;;/i;;;1D. The quantitative estimate of drug-likeness (QED) is 0.0979. The zero-order valence-electron chi connectivity index (χ0n) is 20.2. The van der Waals surface area contributed by atoms with Crippen molar-refractivity contribution in [2.24, 2.45) is 0 Å².